The van der Waals surface area contributed by atoms with Gasteiger partial charge in [0.1, 0.15) is 5.69 Å². The van der Waals surface area contributed by atoms with Gasteiger partial charge in [0.2, 0.25) is 0 Å². The molecule has 1 rings (SSSR count). The lowest BCUT2D eigenvalue weighted by molar-refractivity contribution is 0.0933. The van der Waals surface area contributed by atoms with Crippen LogP contribution in [0, 0.1) is 0 Å². The van der Waals surface area contributed by atoms with Gasteiger partial charge in [-0.2, -0.15) is 0 Å². The van der Waals surface area contributed by atoms with Crippen LogP contribution in [0.25, 0.3) is 0 Å². The molecular weight excluding hydrogens is 238 g/mol. The summed E-state index contributed by atoms with van der Waals surface area (Å²) in [5.41, 5.74) is 0.502. The number of aromatic nitrogens is 1. The first-order chi connectivity index (χ1) is 8.08. The van der Waals surface area contributed by atoms with Crippen LogP contribution in [-0.2, 0) is 0 Å². The van der Waals surface area contributed by atoms with E-state index in [0.717, 1.165) is 13.1 Å². The molecule has 0 aliphatic rings. The van der Waals surface area contributed by atoms with E-state index < -0.39 is 0 Å². The number of carbonyl (C=O) groups excluding carboxylic acids is 1. The van der Waals surface area contributed by atoms with Crippen LogP contribution in [-0.4, -0.2) is 41.5 Å². The second-order valence-corrected chi connectivity index (χ2v) is 4.45. The fraction of sp³-hybridized carbons (Fsp3) is 0.583. The van der Waals surface area contributed by atoms with E-state index in [-0.39, 0.29) is 5.91 Å². The van der Waals surface area contributed by atoms with Crippen molar-refractivity contribution < 1.29 is 4.79 Å². The van der Waals surface area contributed by atoms with Gasteiger partial charge in [0, 0.05) is 18.8 Å². The number of hydrogen-bond donors (Lipinski definition) is 2. The highest BCUT2D eigenvalue weighted by Crippen LogP contribution is 2.09. The molecule has 0 radical (unpaired) electrons. The summed E-state index contributed by atoms with van der Waals surface area (Å²) in [4.78, 5) is 16.9. The van der Waals surface area contributed by atoms with Crippen LogP contribution >= 0.6 is 11.6 Å². The summed E-state index contributed by atoms with van der Waals surface area (Å²) in [6.07, 6.45) is 1.60. The van der Waals surface area contributed by atoms with Gasteiger partial charge in [-0.05, 0) is 26.1 Å². The molecule has 1 atom stereocenters. The maximum absolute atomic E-state index is 11.7. The third kappa shape index (κ3) is 4.06. The summed E-state index contributed by atoms with van der Waals surface area (Å²) in [5.74, 6) is -0.115. The molecule has 0 saturated carbocycles. The van der Waals surface area contributed by atoms with Gasteiger partial charge in [0.25, 0.3) is 5.91 Å². The molecule has 4 nitrogen and oxygen atoms in total. The van der Waals surface area contributed by atoms with Crippen molar-refractivity contribution in [3.63, 3.8) is 0 Å². The summed E-state index contributed by atoms with van der Waals surface area (Å²) in [6, 6.07) is 1.96. The lowest BCUT2D eigenvalue weighted by atomic mass is 10.2. The number of aromatic amines is 1. The Kier molecular flexibility index (Phi) is 5.51. The molecule has 0 fully saturated rings. The molecular formula is C12H20ClN3O. The van der Waals surface area contributed by atoms with Gasteiger partial charge in [-0.1, -0.05) is 25.4 Å². The summed E-state index contributed by atoms with van der Waals surface area (Å²) < 4.78 is 0. The molecule has 0 aromatic carbocycles. The molecule has 5 heteroatoms. The first-order valence-corrected chi connectivity index (χ1v) is 6.32. The summed E-state index contributed by atoms with van der Waals surface area (Å²) >= 11 is 5.74. The third-order valence-electron chi connectivity index (χ3n) is 2.89. The largest absolute Gasteiger partial charge is 0.356 e. The Labute approximate surface area is 107 Å². The molecule has 1 amide bonds. The van der Waals surface area contributed by atoms with E-state index in [4.69, 9.17) is 11.6 Å². The highest BCUT2D eigenvalue weighted by molar-refractivity contribution is 6.30. The van der Waals surface area contributed by atoms with Gasteiger partial charge in [0.15, 0.2) is 0 Å². The Bertz CT molecular complexity index is 360. The number of rotatable bonds is 6. The molecule has 1 aromatic rings. The molecule has 2 N–H and O–H groups in total. The van der Waals surface area contributed by atoms with Gasteiger partial charge in [-0.25, -0.2) is 0 Å². The van der Waals surface area contributed by atoms with Gasteiger partial charge >= 0.3 is 0 Å². The van der Waals surface area contributed by atoms with Crippen LogP contribution in [0.1, 0.15) is 31.3 Å². The number of carbonyl (C=O) groups is 1. The quantitative estimate of drug-likeness (QED) is 0.820. The minimum absolute atomic E-state index is 0.115. The van der Waals surface area contributed by atoms with Crippen LogP contribution in [0.15, 0.2) is 12.3 Å². The molecule has 1 aromatic heterocycles. The molecule has 96 valence electrons. The molecule has 0 aliphatic heterocycles. The van der Waals surface area contributed by atoms with E-state index in [2.05, 4.69) is 36.0 Å². The van der Waals surface area contributed by atoms with Crippen LogP contribution in [0.4, 0.5) is 0 Å². The van der Waals surface area contributed by atoms with Crippen molar-refractivity contribution >= 4 is 17.5 Å². The first kappa shape index (κ1) is 14.1. The second-order valence-electron chi connectivity index (χ2n) is 4.01. The van der Waals surface area contributed by atoms with E-state index in [0.29, 0.717) is 23.3 Å². The Morgan fingerprint density at radius 2 is 2.18 bits per heavy atom. The Morgan fingerprint density at radius 1 is 1.53 bits per heavy atom. The topological polar surface area (TPSA) is 48.1 Å². The predicted octanol–water partition coefficient (Wildman–Crippen LogP) is 2.13. The third-order valence-corrected chi connectivity index (χ3v) is 3.10. The van der Waals surface area contributed by atoms with Crippen molar-refractivity contribution in [3.8, 4) is 0 Å². The van der Waals surface area contributed by atoms with Crippen LogP contribution in [0.2, 0.25) is 5.02 Å². The maximum Gasteiger partial charge on any atom is 0.267 e. The van der Waals surface area contributed by atoms with Gasteiger partial charge in [-0.15, -0.1) is 0 Å². The number of hydrogen-bond acceptors (Lipinski definition) is 2. The monoisotopic (exact) mass is 257 g/mol. The molecule has 0 aliphatic carbocycles. The smallest absolute Gasteiger partial charge is 0.267 e. The highest BCUT2D eigenvalue weighted by Gasteiger charge is 2.13. The zero-order chi connectivity index (χ0) is 12.8. The van der Waals surface area contributed by atoms with E-state index >= 15 is 0 Å². The summed E-state index contributed by atoms with van der Waals surface area (Å²) in [7, 11) is 0. The number of nitrogens with one attached hydrogen (secondary N) is 2. The minimum atomic E-state index is -0.115. The number of H-pyrrole nitrogens is 1. The van der Waals surface area contributed by atoms with Crippen molar-refractivity contribution in [1.82, 2.24) is 15.2 Å². The van der Waals surface area contributed by atoms with E-state index in [1.165, 1.54) is 0 Å². The zero-order valence-electron chi connectivity index (χ0n) is 10.6. The van der Waals surface area contributed by atoms with Crippen LogP contribution in [0.5, 0.6) is 0 Å². The minimum Gasteiger partial charge on any atom is -0.356 e. The van der Waals surface area contributed by atoms with Gasteiger partial charge in [0.05, 0.1) is 5.02 Å². The van der Waals surface area contributed by atoms with Crippen molar-refractivity contribution in [3.05, 3.63) is 23.0 Å². The Hall–Kier alpha value is -1.00. The van der Waals surface area contributed by atoms with E-state index in [1.54, 1.807) is 12.3 Å². The van der Waals surface area contributed by atoms with Crippen molar-refractivity contribution in [2.75, 3.05) is 19.6 Å². The fourth-order valence-electron chi connectivity index (χ4n) is 1.81. The summed E-state index contributed by atoms with van der Waals surface area (Å²) in [6.45, 7) is 8.95. The lowest BCUT2D eigenvalue weighted by Crippen LogP contribution is -2.42. The Balaban J connectivity index is 2.43. The van der Waals surface area contributed by atoms with E-state index in [1.807, 2.05) is 0 Å². The lowest BCUT2D eigenvalue weighted by Gasteiger charge is -2.26. The van der Waals surface area contributed by atoms with Crippen molar-refractivity contribution in [2.45, 2.75) is 26.8 Å². The average molecular weight is 258 g/mol. The number of likely N-dealkylation sites (N-methyl/N-ethyl adjacent to an activating group) is 1. The van der Waals surface area contributed by atoms with Crippen LogP contribution in [0.3, 0.4) is 0 Å². The fourth-order valence-corrected chi connectivity index (χ4v) is 1.97. The SMILES string of the molecule is CCN(CC)[C@@H](C)CNC(=O)c1cc(Cl)c[nH]1. The van der Waals surface area contributed by atoms with Gasteiger partial charge < -0.3 is 10.3 Å². The second kappa shape index (κ2) is 6.67. The predicted molar refractivity (Wildman–Crippen MR) is 70.5 cm³/mol. The zero-order valence-corrected chi connectivity index (χ0v) is 11.3. The molecule has 0 unspecified atom stereocenters. The van der Waals surface area contributed by atoms with Crippen molar-refractivity contribution in [1.29, 1.82) is 0 Å². The van der Waals surface area contributed by atoms with Crippen molar-refractivity contribution in [2.24, 2.45) is 0 Å². The molecule has 17 heavy (non-hydrogen) atoms. The maximum atomic E-state index is 11.7. The van der Waals surface area contributed by atoms with Gasteiger partial charge in [-0.3, -0.25) is 9.69 Å². The first-order valence-electron chi connectivity index (χ1n) is 5.94. The normalized spacial score (nSPS) is 12.8. The average Bonchev–Trinajstić information content (AvgIpc) is 2.74. The standard InChI is InChI=1S/C12H20ClN3O/c1-4-16(5-2)9(3)7-15-12(17)11-6-10(13)8-14-11/h6,8-9,14H,4-5,7H2,1-3H3,(H,15,17)/t9-/m0/s1. The molecule has 0 bridgehead atoms. The molecule has 1 heterocycles. The highest BCUT2D eigenvalue weighted by atomic mass is 35.5. The Morgan fingerprint density at radius 3 is 2.65 bits per heavy atom. The molecule has 0 spiro atoms. The van der Waals surface area contributed by atoms with Crippen LogP contribution < -0.4 is 5.32 Å². The van der Waals surface area contributed by atoms with E-state index in [9.17, 15) is 4.79 Å². The molecule has 0 saturated heterocycles. The summed E-state index contributed by atoms with van der Waals surface area (Å²) in [5, 5.41) is 3.44. The number of nitrogens with zero attached hydrogens (tertiary/aromatic N) is 1. The number of halogens is 1. The number of amides is 1.